The van der Waals surface area contributed by atoms with Crippen molar-refractivity contribution in [1.82, 2.24) is 5.32 Å². The molecule has 1 N–H and O–H groups in total. The molecule has 1 fully saturated rings. The fourth-order valence-corrected chi connectivity index (χ4v) is 2.27. The van der Waals surface area contributed by atoms with Crippen LogP contribution in [0, 0.1) is 29.9 Å². The van der Waals surface area contributed by atoms with E-state index in [4.69, 9.17) is 11.2 Å². The van der Waals surface area contributed by atoms with Crippen molar-refractivity contribution in [1.29, 1.82) is 0 Å². The van der Waals surface area contributed by atoms with E-state index in [1.165, 1.54) is 0 Å². The first-order chi connectivity index (χ1) is 10.0. The van der Waals surface area contributed by atoms with Gasteiger partial charge in [0.2, 0.25) is 0 Å². The van der Waals surface area contributed by atoms with Gasteiger partial charge in [-0.2, -0.15) is 0 Å². The van der Waals surface area contributed by atoms with Crippen LogP contribution in [0.15, 0.2) is 12.1 Å². The molecule has 0 aromatic heterocycles. The fourth-order valence-electron chi connectivity index (χ4n) is 2.27. The molecular formula is C16H17F2NO2. The van der Waals surface area contributed by atoms with Gasteiger partial charge < -0.3 is 10.1 Å². The molecule has 1 aliphatic rings. The standard InChI is InChI=1S/C16H17F2NO2/c1-3-7-21-15-9-13(17)12(8-14(15)18)16(20)19-10(2)11-5-4-6-11/h1,8-11H,4-7H2,2H3,(H,19,20). The zero-order valence-electron chi connectivity index (χ0n) is 11.8. The van der Waals surface area contributed by atoms with Gasteiger partial charge in [0.05, 0.1) is 5.56 Å². The molecule has 0 heterocycles. The lowest BCUT2D eigenvalue weighted by Gasteiger charge is -2.31. The van der Waals surface area contributed by atoms with Gasteiger partial charge in [0.1, 0.15) is 12.4 Å². The van der Waals surface area contributed by atoms with E-state index in [1.54, 1.807) is 0 Å². The zero-order valence-corrected chi connectivity index (χ0v) is 11.8. The highest BCUT2D eigenvalue weighted by molar-refractivity contribution is 5.94. The van der Waals surface area contributed by atoms with Gasteiger partial charge in [-0.15, -0.1) is 6.42 Å². The highest BCUT2D eigenvalue weighted by Gasteiger charge is 2.26. The molecule has 1 atom stereocenters. The van der Waals surface area contributed by atoms with Crippen LogP contribution in [-0.4, -0.2) is 18.6 Å². The van der Waals surface area contributed by atoms with Crippen LogP contribution in [0.4, 0.5) is 8.78 Å². The monoisotopic (exact) mass is 293 g/mol. The highest BCUT2D eigenvalue weighted by atomic mass is 19.1. The second-order valence-electron chi connectivity index (χ2n) is 5.21. The summed E-state index contributed by atoms with van der Waals surface area (Å²) in [6.07, 6.45) is 8.24. The first-order valence-electron chi connectivity index (χ1n) is 6.89. The van der Waals surface area contributed by atoms with Crippen molar-refractivity contribution >= 4 is 5.91 Å². The van der Waals surface area contributed by atoms with Crippen molar-refractivity contribution in [2.24, 2.45) is 5.92 Å². The zero-order chi connectivity index (χ0) is 15.4. The molecule has 2 rings (SSSR count). The van der Waals surface area contributed by atoms with E-state index in [9.17, 15) is 13.6 Å². The van der Waals surface area contributed by atoms with Crippen LogP contribution < -0.4 is 10.1 Å². The number of carbonyl (C=O) groups is 1. The van der Waals surface area contributed by atoms with Crippen molar-refractivity contribution in [3.05, 3.63) is 29.3 Å². The molecule has 1 unspecified atom stereocenters. The minimum Gasteiger partial charge on any atom is -0.478 e. The summed E-state index contributed by atoms with van der Waals surface area (Å²) in [6.45, 7) is 1.71. The summed E-state index contributed by atoms with van der Waals surface area (Å²) in [6, 6.07) is 1.63. The van der Waals surface area contributed by atoms with Gasteiger partial charge in [0.15, 0.2) is 11.6 Å². The van der Waals surface area contributed by atoms with Crippen molar-refractivity contribution in [3.63, 3.8) is 0 Å². The maximum Gasteiger partial charge on any atom is 0.254 e. The van der Waals surface area contributed by atoms with Crippen LogP contribution in [0.3, 0.4) is 0 Å². The summed E-state index contributed by atoms with van der Waals surface area (Å²) < 4.78 is 32.5. The first kappa shape index (κ1) is 15.3. The Kier molecular flexibility index (Phi) is 4.79. The number of carbonyl (C=O) groups excluding carboxylic acids is 1. The number of ether oxygens (including phenoxy) is 1. The SMILES string of the molecule is C#CCOc1cc(F)c(C(=O)NC(C)C2CCC2)cc1F. The summed E-state index contributed by atoms with van der Waals surface area (Å²) in [5.74, 6) is 0.0205. The van der Waals surface area contributed by atoms with Crippen LogP contribution in [0.5, 0.6) is 5.75 Å². The second-order valence-corrected chi connectivity index (χ2v) is 5.21. The maximum absolute atomic E-state index is 13.9. The largest absolute Gasteiger partial charge is 0.478 e. The average molecular weight is 293 g/mol. The van der Waals surface area contributed by atoms with Crippen LogP contribution in [-0.2, 0) is 0 Å². The smallest absolute Gasteiger partial charge is 0.254 e. The summed E-state index contributed by atoms with van der Waals surface area (Å²) in [5, 5.41) is 2.71. The molecule has 21 heavy (non-hydrogen) atoms. The number of benzene rings is 1. The number of hydrogen-bond donors (Lipinski definition) is 1. The highest BCUT2D eigenvalue weighted by Crippen LogP contribution is 2.29. The topological polar surface area (TPSA) is 38.3 Å². The fraction of sp³-hybridized carbons (Fsp3) is 0.438. The van der Waals surface area contributed by atoms with Gasteiger partial charge in [0.25, 0.3) is 5.91 Å². The van der Waals surface area contributed by atoms with Crippen molar-refractivity contribution in [3.8, 4) is 18.1 Å². The summed E-state index contributed by atoms with van der Waals surface area (Å²) in [5.41, 5.74) is -0.327. The number of rotatable bonds is 5. The van der Waals surface area contributed by atoms with E-state index < -0.39 is 17.5 Å². The van der Waals surface area contributed by atoms with Gasteiger partial charge in [-0.3, -0.25) is 4.79 Å². The molecule has 1 aliphatic carbocycles. The Balaban J connectivity index is 2.10. The number of amides is 1. The summed E-state index contributed by atoms with van der Waals surface area (Å²) in [4.78, 5) is 12.0. The molecule has 0 bridgehead atoms. The minimum atomic E-state index is -0.832. The number of hydrogen-bond acceptors (Lipinski definition) is 2. The van der Waals surface area contributed by atoms with E-state index in [2.05, 4.69) is 11.2 Å². The molecule has 0 saturated heterocycles. The molecule has 1 saturated carbocycles. The quantitative estimate of drug-likeness (QED) is 0.848. The van der Waals surface area contributed by atoms with Crippen LogP contribution in [0.2, 0.25) is 0 Å². The van der Waals surface area contributed by atoms with Crippen LogP contribution in [0.1, 0.15) is 36.5 Å². The third kappa shape index (κ3) is 3.52. The van der Waals surface area contributed by atoms with Gasteiger partial charge in [-0.05, 0) is 31.7 Å². The predicted molar refractivity (Wildman–Crippen MR) is 75.0 cm³/mol. The Hall–Kier alpha value is -2.09. The Bertz CT molecular complexity index is 576. The van der Waals surface area contributed by atoms with Gasteiger partial charge in [0, 0.05) is 12.1 Å². The summed E-state index contributed by atoms with van der Waals surface area (Å²) >= 11 is 0. The predicted octanol–water partition coefficient (Wildman–Crippen LogP) is 2.90. The molecule has 1 amide bonds. The molecule has 0 radical (unpaired) electrons. The normalized spacial score (nSPS) is 15.7. The molecule has 5 heteroatoms. The molecule has 3 nitrogen and oxygen atoms in total. The van der Waals surface area contributed by atoms with E-state index in [0.717, 1.165) is 31.4 Å². The Morgan fingerprint density at radius 1 is 1.48 bits per heavy atom. The summed E-state index contributed by atoms with van der Waals surface area (Å²) in [7, 11) is 0. The van der Waals surface area contributed by atoms with Crippen LogP contribution in [0.25, 0.3) is 0 Å². The van der Waals surface area contributed by atoms with Crippen molar-refractivity contribution < 1.29 is 18.3 Å². The lowest BCUT2D eigenvalue weighted by Crippen LogP contribution is -2.41. The number of nitrogens with one attached hydrogen (secondary N) is 1. The van der Waals surface area contributed by atoms with E-state index >= 15 is 0 Å². The van der Waals surface area contributed by atoms with Crippen LogP contribution >= 0.6 is 0 Å². The second kappa shape index (κ2) is 6.57. The first-order valence-corrected chi connectivity index (χ1v) is 6.89. The Labute approximate surface area is 122 Å². The molecular weight excluding hydrogens is 276 g/mol. The van der Waals surface area contributed by atoms with Gasteiger partial charge >= 0.3 is 0 Å². The number of terminal acetylenes is 1. The third-order valence-electron chi connectivity index (χ3n) is 3.79. The molecule has 1 aromatic rings. The van der Waals surface area contributed by atoms with E-state index in [-0.39, 0.29) is 24.0 Å². The van der Waals surface area contributed by atoms with Gasteiger partial charge in [-0.1, -0.05) is 12.3 Å². The maximum atomic E-state index is 13.9. The third-order valence-corrected chi connectivity index (χ3v) is 3.79. The van der Waals surface area contributed by atoms with Gasteiger partial charge in [-0.25, -0.2) is 8.78 Å². The lowest BCUT2D eigenvalue weighted by atomic mass is 9.80. The van der Waals surface area contributed by atoms with Crippen molar-refractivity contribution in [2.45, 2.75) is 32.2 Å². The minimum absolute atomic E-state index is 0.0499. The number of halogens is 2. The molecule has 1 aromatic carbocycles. The lowest BCUT2D eigenvalue weighted by molar-refractivity contribution is 0.0904. The van der Waals surface area contributed by atoms with Crippen molar-refractivity contribution in [2.75, 3.05) is 6.61 Å². The molecule has 0 spiro atoms. The average Bonchev–Trinajstić information content (AvgIpc) is 2.36. The Morgan fingerprint density at radius 3 is 2.76 bits per heavy atom. The molecule has 0 aliphatic heterocycles. The van der Waals surface area contributed by atoms with E-state index in [1.807, 2.05) is 6.92 Å². The molecule has 112 valence electrons. The van der Waals surface area contributed by atoms with E-state index in [0.29, 0.717) is 5.92 Å². The Morgan fingerprint density at radius 2 is 2.19 bits per heavy atom.